The zero-order chi connectivity index (χ0) is 19.7. The highest BCUT2D eigenvalue weighted by Crippen LogP contribution is 2.38. The summed E-state index contributed by atoms with van der Waals surface area (Å²) >= 11 is 0. The van der Waals surface area contributed by atoms with E-state index >= 15 is 0 Å². The van der Waals surface area contributed by atoms with E-state index in [0.29, 0.717) is 11.1 Å². The van der Waals surface area contributed by atoms with Gasteiger partial charge >= 0.3 is 0 Å². The van der Waals surface area contributed by atoms with E-state index < -0.39 is 37.0 Å². The fourth-order valence-electron chi connectivity index (χ4n) is 3.38. The van der Waals surface area contributed by atoms with Crippen LogP contribution in [0.1, 0.15) is 23.7 Å². The van der Waals surface area contributed by atoms with Gasteiger partial charge in [-0.05, 0) is 24.3 Å². The van der Waals surface area contributed by atoms with Crippen LogP contribution in [0.2, 0.25) is 0 Å². The molecular weight excluding hydrogens is 368 g/mol. The van der Waals surface area contributed by atoms with Gasteiger partial charge in [-0.1, -0.05) is 24.3 Å². The molecule has 0 aliphatic carbocycles. The first-order valence-electron chi connectivity index (χ1n) is 9.00. The zero-order valence-corrected chi connectivity index (χ0v) is 14.9. The Morgan fingerprint density at radius 2 is 1.29 bits per heavy atom. The van der Waals surface area contributed by atoms with Crippen molar-refractivity contribution in [3.63, 3.8) is 0 Å². The number of ether oxygens (including phenoxy) is 4. The van der Waals surface area contributed by atoms with Crippen LogP contribution >= 0.6 is 0 Å². The van der Waals surface area contributed by atoms with Crippen molar-refractivity contribution in [2.24, 2.45) is 0 Å². The van der Waals surface area contributed by atoms with E-state index in [1.807, 2.05) is 0 Å². The van der Waals surface area contributed by atoms with Crippen molar-refractivity contribution in [3.05, 3.63) is 59.7 Å². The van der Waals surface area contributed by atoms with Gasteiger partial charge in [0, 0.05) is 11.1 Å². The molecule has 2 heterocycles. The van der Waals surface area contributed by atoms with Crippen molar-refractivity contribution < 1.29 is 39.4 Å². The number of aliphatic hydroxyl groups is 2. The predicted octanol–water partition coefficient (Wildman–Crippen LogP) is 1.35. The molecule has 2 fully saturated rings. The normalized spacial score (nSPS) is 33.1. The number of fused-ring (bicyclic) bond motifs is 1. The Labute approximate surface area is 161 Å². The first-order chi connectivity index (χ1) is 13.5. The lowest BCUT2D eigenvalue weighted by atomic mass is 10.0. The molecule has 2 aromatic carbocycles. The molecule has 8 nitrogen and oxygen atoms in total. The second-order valence-corrected chi connectivity index (χ2v) is 6.81. The van der Waals surface area contributed by atoms with E-state index in [4.69, 9.17) is 18.9 Å². The average Bonchev–Trinajstić information content (AvgIpc) is 2.88. The molecule has 2 aliphatic rings. The van der Waals surface area contributed by atoms with Crippen molar-refractivity contribution in [3.8, 4) is 11.5 Å². The molecule has 2 unspecified atom stereocenters. The molecule has 0 spiro atoms. The molecule has 0 bridgehead atoms. The number of hydrogen-bond acceptors (Lipinski definition) is 8. The van der Waals surface area contributed by atoms with Gasteiger partial charge in [-0.25, -0.2) is 0 Å². The largest absolute Gasteiger partial charge is 0.508 e. The Hall–Kier alpha value is -2.20. The zero-order valence-electron chi connectivity index (χ0n) is 14.9. The van der Waals surface area contributed by atoms with Crippen molar-refractivity contribution in [2.75, 3.05) is 13.2 Å². The van der Waals surface area contributed by atoms with Gasteiger partial charge in [0.15, 0.2) is 12.6 Å². The molecule has 150 valence electrons. The molecule has 0 aromatic heterocycles. The van der Waals surface area contributed by atoms with Crippen LogP contribution < -0.4 is 0 Å². The third kappa shape index (κ3) is 3.83. The molecule has 0 amide bonds. The molecule has 0 radical (unpaired) electrons. The van der Waals surface area contributed by atoms with Crippen LogP contribution in [-0.2, 0) is 18.9 Å². The summed E-state index contributed by atoms with van der Waals surface area (Å²) in [6.07, 6.45) is -4.95. The minimum Gasteiger partial charge on any atom is -0.508 e. The molecule has 2 saturated heterocycles. The molecule has 4 N–H and O–H groups in total. The fourth-order valence-corrected chi connectivity index (χ4v) is 3.38. The van der Waals surface area contributed by atoms with Gasteiger partial charge in [0.25, 0.3) is 0 Å². The van der Waals surface area contributed by atoms with Gasteiger partial charge in [0.2, 0.25) is 0 Å². The van der Waals surface area contributed by atoms with Crippen molar-refractivity contribution in [1.82, 2.24) is 0 Å². The van der Waals surface area contributed by atoms with E-state index in [1.165, 1.54) is 24.3 Å². The third-order valence-electron chi connectivity index (χ3n) is 4.86. The number of benzene rings is 2. The maximum absolute atomic E-state index is 10.6. The Balaban J connectivity index is 1.57. The van der Waals surface area contributed by atoms with Crippen LogP contribution in [0.5, 0.6) is 11.5 Å². The summed E-state index contributed by atoms with van der Waals surface area (Å²) in [4.78, 5) is 0. The Morgan fingerprint density at radius 1 is 0.750 bits per heavy atom. The summed E-state index contributed by atoms with van der Waals surface area (Å²) in [6.45, 7) is -0.374. The maximum Gasteiger partial charge on any atom is 0.184 e. The van der Waals surface area contributed by atoms with Gasteiger partial charge < -0.3 is 39.4 Å². The summed E-state index contributed by atoms with van der Waals surface area (Å²) in [5.41, 5.74) is 1.30. The summed E-state index contributed by atoms with van der Waals surface area (Å²) in [5.74, 6) is 0.226. The first kappa shape index (κ1) is 19.1. The lowest BCUT2D eigenvalue weighted by Gasteiger charge is -2.41. The van der Waals surface area contributed by atoms with E-state index in [1.54, 1.807) is 24.3 Å². The van der Waals surface area contributed by atoms with Gasteiger partial charge in [0.1, 0.15) is 35.9 Å². The molecular formula is C20H22O8. The summed E-state index contributed by atoms with van der Waals surface area (Å²) < 4.78 is 23.5. The standard InChI is InChI=1S/C20H22O8/c21-9-16-18-17(27-20(26-16)12-3-7-14(23)8-4-12)15(24)10-25-19(28-18)11-1-5-13(22)6-2-11/h1-8,15-24H,9-10H2/t15-,16+,17+,18+,19?,20?/m0/s1. The van der Waals surface area contributed by atoms with Crippen LogP contribution in [0.3, 0.4) is 0 Å². The molecule has 2 aromatic rings. The maximum atomic E-state index is 10.6. The molecule has 0 saturated carbocycles. The van der Waals surface area contributed by atoms with Gasteiger partial charge in [-0.15, -0.1) is 0 Å². The molecule has 4 rings (SSSR count). The Bertz CT molecular complexity index is 734. The number of phenolic OH excluding ortho intramolecular Hbond substituents is 2. The summed E-state index contributed by atoms with van der Waals surface area (Å²) in [6, 6.07) is 12.6. The highest BCUT2D eigenvalue weighted by molar-refractivity contribution is 5.28. The highest BCUT2D eigenvalue weighted by atomic mass is 16.8. The number of rotatable bonds is 3. The minimum atomic E-state index is -0.996. The van der Waals surface area contributed by atoms with Gasteiger partial charge in [-0.2, -0.15) is 0 Å². The van der Waals surface area contributed by atoms with E-state index in [9.17, 15) is 20.4 Å². The quantitative estimate of drug-likeness (QED) is 0.620. The van der Waals surface area contributed by atoms with Crippen LogP contribution in [-0.4, -0.2) is 58.1 Å². The minimum absolute atomic E-state index is 0.0346. The fraction of sp³-hybridized carbons (Fsp3) is 0.400. The second-order valence-electron chi connectivity index (χ2n) is 6.81. The SMILES string of the molecule is OC[C@H]1OC(c2ccc(O)cc2)O[C@H]2[C@@H]1OC(c1ccc(O)cc1)OC[C@@H]2O. The number of hydrogen-bond donors (Lipinski definition) is 4. The predicted molar refractivity (Wildman–Crippen MR) is 95.4 cm³/mol. The summed E-state index contributed by atoms with van der Waals surface area (Å²) in [7, 11) is 0. The Kier molecular flexibility index (Phi) is 5.49. The summed E-state index contributed by atoms with van der Waals surface area (Å²) in [5, 5.41) is 39.3. The van der Waals surface area contributed by atoms with Gasteiger partial charge in [-0.3, -0.25) is 0 Å². The van der Waals surface area contributed by atoms with Crippen LogP contribution in [0.15, 0.2) is 48.5 Å². The second kappa shape index (κ2) is 8.04. The molecule has 6 atom stereocenters. The molecule has 28 heavy (non-hydrogen) atoms. The van der Waals surface area contributed by atoms with Gasteiger partial charge in [0.05, 0.1) is 13.2 Å². The number of phenols is 2. The van der Waals surface area contributed by atoms with E-state index in [-0.39, 0.29) is 24.7 Å². The lowest BCUT2D eigenvalue weighted by Crippen LogP contribution is -2.54. The topological polar surface area (TPSA) is 118 Å². The lowest BCUT2D eigenvalue weighted by molar-refractivity contribution is -0.322. The van der Waals surface area contributed by atoms with Crippen LogP contribution in [0, 0.1) is 0 Å². The number of aromatic hydroxyl groups is 2. The van der Waals surface area contributed by atoms with E-state index in [0.717, 1.165) is 0 Å². The van der Waals surface area contributed by atoms with Crippen molar-refractivity contribution in [1.29, 1.82) is 0 Å². The number of aliphatic hydroxyl groups excluding tert-OH is 2. The molecule has 8 heteroatoms. The Morgan fingerprint density at radius 3 is 1.86 bits per heavy atom. The van der Waals surface area contributed by atoms with Crippen molar-refractivity contribution in [2.45, 2.75) is 37.0 Å². The monoisotopic (exact) mass is 390 g/mol. The smallest absolute Gasteiger partial charge is 0.184 e. The van der Waals surface area contributed by atoms with Crippen LogP contribution in [0.25, 0.3) is 0 Å². The average molecular weight is 390 g/mol. The third-order valence-corrected chi connectivity index (χ3v) is 4.86. The molecule has 2 aliphatic heterocycles. The highest BCUT2D eigenvalue weighted by Gasteiger charge is 2.47. The van der Waals surface area contributed by atoms with E-state index in [2.05, 4.69) is 0 Å². The van der Waals surface area contributed by atoms with Crippen LogP contribution in [0.4, 0.5) is 0 Å². The van der Waals surface area contributed by atoms with Crippen molar-refractivity contribution >= 4 is 0 Å². The first-order valence-corrected chi connectivity index (χ1v) is 9.00.